The summed E-state index contributed by atoms with van der Waals surface area (Å²) in [5, 5.41) is 7.63. The van der Waals surface area contributed by atoms with Crippen molar-refractivity contribution >= 4 is 5.97 Å². The van der Waals surface area contributed by atoms with Gasteiger partial charge in [0.05, 0.1) is 0 Å². The average Bonchev–Trinajstić information content (AvgIpc) is 2.50. The van der Waals surface area contributed by atoms with E-state index >= 15 is 0 Å². The third-order valence-corrected chi connectivity index (χ3v) is 3.21. The Kier molecular flexibility index (Phi) is 6.87. The maximum atomic E-state index is 13.2. The highest BCUT2D eigenvalue weighted by atomic mass is 19.4. The van der Waals surface area contributed by atoms with Gasteiger partial charge in [-0.25, -0.2) is 4.79 Å². The molecule has 3 nitrogen and oxygen atoms in total. The van der Waals surface area contributed by atoms with E-state index in [0.29, 0.717) is 0 Å². The summed E-state index contributed by atoms with van der Waals surface area (Å²) in [7, 11) is 0. The van der Waals surface area contributed by atoms with E-state index < -0.39 is 59.9 Å². The van der Waals surface area contributed by atoms with Gasteiger partial charge in [-0.15, -0.1) is 0 Å². The molecule has 0 spiro atoms. The van der Waals surface area contributed by atoms with E-state index in [1.54, 1.807) is 0 Å². The van der Waals surface area contributed by atoms with Crippen LogP contribution in [-0.2, 0) is 9.53 Å². The van der Waals surface area contributed by atoms with Crippen molar-refractivity contribution in [2.24, 2.45) is 0 Å². The van der Waals surface area contributed by atoms with Crippen molar-refractivity contribution in [1.29, 1.82) is 0 Å². The Bertz CT molecular complexity index is 702. The molecule has 0 bridgehead atoms. The van der Waals surface area contributed by atoms with Gasteiger partial charge in [0, 0.05) is 0 Å². The van der Waals surface area contributed by atoms with Crippen LogP contribution in [0.25, 0.3) is 0 Å². The average molecular weight is 530 g/mol. The van der Waals surface area contributed by atoms with Crippen LogP contribution >= 0.6 is 0 Å². The fraction of sp³-hybridized carbons (Fsp3) is 0.900. The van der Waals surface area contributed by atoms with Gasteiger partial charge in [0.25, 0.3) is 0 Å². The minimum Gasteiger partial charge on any atom is -0.477 e. The zero-order valence-electron chi connectivity index (χ0n) is 13.4. The fourth-order valence-corrected chi connectivity index (χ4v) is 1.43. The van der Waals surface area contributed by atoms with E-state index in [1.165, 1.54) is 0 Å². The quantitative estimate of drug-likeness (QED) is 0.413. The van der Waals surface area contributed by atoms with Gasteiger partial charge in [0.1, 0.15) is 0 Å². The Hall–Kier alpha value is -1.90. The molecule has 1 N–H and O–H groups in total. The molecule has 0 aliphatic rings. The second-order valence-electron chi connectivity index (χ2n) is 5.39. The Morgan fingerprint density at radius 2 is 0.781 bits per heavy atom. The van der Waals surface area contributed by atoms with Gasteiger partial charge < -0.3 is 5.11 Å². The molecule has 0 aromatic carbocycles. The molecular formula is C10HF19O3. The topological polar surface area (TPSA) is 46.5 Å². The third-order valence-electron chi connectivity index (χ3n) is 3.21. The number of halogens is 19. The monoisotopic (exact) mass is 530 g/mol. The number of hydrogen-bond donors (Lipinski definition) is 1. The largest absolute Gasteiger partial charge is 0.477 e. The van der Waals surface area contributed by atoms with Crippen LogP contribution in [0.4, 0.5) is 83.4 Å². The number of hydrogen-bond acceptors (Lipinski definition) is 2. The first-order valence-corrected chi connectivity index (χ1v) is 6.43. The van der Waals surface area contributed by atoms with Crippen LogP contribution in [0.2, 0.25) is 0 Å². The fourth-order valence-electron chi connectivity index (χ4n) is 1.43. The molecule has 0 radical (unpaired) electrons. The SMILES string of the molecule is O=C(O)C(F)(F)C(F)(F)C(F)(F)C(F)(F)C(F)(F)C(F)(F)OC(F)(C(F)(F)F)C(F)(F)F. The summed E-state index contributed by atoms with van der Waals surface area (Å²) in [5.41, 5.74) is 0. The van der Waals surface area contributed by atoms with Crippen molar-refractivity contribution in [3.63, 3.8) is 0 Å². The molecular weight excluding hydrogens is 529 g/mol. The highest BCUT2D eigenvalue weighted by Gasteiger charge is 2.93. The number of alkyl halides is 19. The van der Waals surface area contributed by atoms with Crippen LogP contribution < -0.4 is 0 Å². The van der Waals surface area contributed by atoms with Crippen LogP contribution in [0, 0.1) is 0 Å². The third kappa shape index (κ3) is 3.86. The summed E-state index contributed by atoms with van der Waals surface area (Å²) in [6.45, 7) is 0. The van der Waals surface area contributed by atoms with Crippen LogP contribution in [0.5, 0.6) is 0 Å². The molecule has 192 valence electrons. The van der Waals surface area contributed by atoms with E-state index in [2.05, 4.69) is 0 Å². The number of rotatable bonds is 8. The Morgan fingerprint density at radius 1 is 0.500 bits per heavy atom. The van der Waals surface area contributed by atoms with E-state index in [4.69, 9.17) is 5.11 Å². The highest BCUT2D eigenvalue weighted by Crippen LogP contribution is 2.62. The zero-order valence-corrected chi connectivity index (χ0v) is 13.4. The summed E-state index contributed by atoms with van der Waals surface area (Å²) in [6, 6.07) is 0. The number of carboxylic acid groups (broad SMARTS) is 1. The second-order valence-corrected chi connectivity index (χ2v) is 5.39. The Morgan fingerprint density at radius 3 is 1.03 bits per heavy atom. The molecule has 0 aliphatic heterocycles. The lowest BCUT2D eigenvalue weighted by Crippen LogP contribution is -2.73. The van der Waals surface area contributed by atoms with Gasteiger partial charge in [-0.2, -0.15) is 83.4 Å². The molecule has 32 heavy (non-hydrogen) atoms. The van der Waals surface area contributed by atoms with Crippen LogP contribution in [0.3, 0.4) is 0 Å². The zero-order chi connectivity index (χ0) is 26.8. The summed E-state index contributed by atoms with van der Waals surface area (Å²) in [4.78, 5) is 9.83. The second kappa shape index (κ2) is 7.30. The molecule has 0 aromatic heterocycles. The first kappa shape index (κ1) is 30.1. The number of carbonyl (C=O) groups is 1. The smallest absolute Gasteiger partial charge is 0.458 e. The number of carboxylic acids is 1. The van der Waals surface area contributed by atoms with Crippen molar-refractivity contribution in [3.8, 4) is 0 Å². The first-order valence-electron chi connectivity index (χ1n) is 6.43. The van der Waals surface area contributed by atoms with Crippen molar-refractivity contribution in [2.75, 3.05) is 0 Å². The van der Waals surface area contributed by atoms with Crippen molar-refractivity contribution in [1.82, 2.24) is 0 Å². The van der Waals surface area contributed by atoms with Crippen LogP contribution in [-0.4, -0.2) is 65.0 Å². The van der Waals surface area contributed by atoms with Gasteiger partial charge >= 0.3 is 59.9 Å². The predicted octanol–water partition coefficient (Wildman–Crippen LogP) is 5.65. The highest BCUT2D eigenvalue weighted by molar-refractivity contribution is 5.77. The van der Waals surface area contributed by atoms with Crippen LogP contribution in [0.15, 0.2) is 0 Å². The maximum absolute atomic E-state index is 13.2. The maximum Gasteiger partial charge on any atom is 0.458 e. The number of aliphatic carboxylic acids is 1. The van der Waals surface area contributed by atoms with Gasteiger partial charge in [0.2, 0.25) is 0 Å². The van der Waals surface area contributed by atoms with Crippen molar-refractivity contribution in [3.05, 3.63) is 0 Å². The molecule has 0 amide bonds. The van der Waals surface area contributed by atoms with Crippen LogP contribution in [0.1, 0.15) is 0 Å². The Balaban J connectivity index is 6.78. The van der Waals surface area contributed by atoms with Crippen molar-refractivity contribution < 1.29 is 98.1 Å². The minimum absolute atomic E-state index is 0.984. The molecule has 0 aliphatic carbocycles. The molecule has 0 unspecified atom stereocenters. The van der Waals surface area contributed by atoms with Gasteiger partial charge in [-0.05, 0) is 0 Å². The molecule has 0 atom stereocenters. The van der Waals surface area contributed by atoms with E-state index in [9.17, 15) is 88.2 Å². The predicted molar refractivity (Wildman–Crippen MR) is 54.4 cm³/mol. The standard InChI is InChI=1S/C10HF19O3/c11-2(12,1(30)31)3(13,14)4(15,16)5(17,18)6(19,20)10(28,29)32-7(21,8(22,23)24)9(25,26)27/h(H,30,31). The summed E-state index contributed by atoms with van der Waals surface area (Å²) < 4.78 is 243. The summed E-state index contributed by atoms with van der Waals surface area (Å²) in [5.74, 6) is -54.4. The normalized spacial score (nSPS) is 16.3. The lowest BCUT2D eigenvalue weighted by molar-refractivity contribution is -0.525. The van der Waals surface area contributed by atoms with Crippen molar-refractivity contribution in [2.45, 2.75) is 53.9 Å². The number of ether oxygens (including phenoxy) is 1. The lowest BCUT2D eigenvalue weighted by Gasteiger charge is -2.41. The molecule has 0 saturated heterocycles. The van der Waals surface area contributed by atoms with E-state index in [1.807, 2.05) is 0 Å². The lowest BCUT2D eigenvalue weighted by atomic mass is 9.93. The van der Waals surface area contributed by atoms with Gasteiger partial charge in [0.15, 0.2) is 0 Å². The minimum atomic E-state index is -8.82. The van der Waals surface area contributed by atoms with E-state index in [0.717, 1.165) is 4.74 Å². The summed E-state index contributed by atoms with van der Waals surface area (Å²) >= 11 is 0. The summed E-state index contributed by atoms with van der Waals surface area (Å²) in [6.07, 6.45) is -24.2. The molecule has 0 heterocycles. The first-order chi connectivity index (χ1) is 13.4. The Labute approximate surface area is 159 Å². The molecule has 0 aromatic rings. The molecule has 0 fully saturated rings. The van der Waals surface area contributed by atoms with Gasteiger partial charge in [-0.1, -0.05) is 0 Å². The van der Waals surface area contributed by atoms with E-state index in [-0.39, 0.29) is 0 Å². The molecule has 0 saturated carbocycles. The molecule has 0 rings (SSSR count). The van der Waals surface area contributed by atoms with Gasteiger partial charge in [-0.3, -0.25) is 4.74 Å². The molecule has 22 heteroatoms.